The average molecular weight is 368 g/mol. The second kappa shape index (κ2) is 7.97. The Bertz CT molecular complexity index is 893. The van der Waals surface area contributed by atoms with Crippen LogP contribution in [0.1, 0.15) is 34.6 Å². The van der Waals surface area contributed by atoms with Gasteiger partial charge in [-0.1, -0.05) is 0 Å². The molecule has 2 aromatic heterocycles. The molecule has 0 radical (unpaired) electrons. The van der Waals surface area contributed by atoms with Gasteiger partial charge in [0.05, 0.1) is 13.2 Å². The normalized spacial score (nSPS) is 11.7. The molecule has 26 heavy (non-hydrogen) atoms. The Hall–Kier alpha value is -2.93. The molecule has 1 aromatic carbocycles. The van der Waals surface area contributed by atoms with Crippen molar-refractivity contribution >= 4 is 28.1 Å². The van der Waals surface area contributed by atoms with Gasteiger partial charge in [-0.15, -0.1) is 11.3 Å². The highest BCUT2D eigenvalue weighted by molar-refractivity contribution is 7.14. The number of thiazole rings is 1. The lowest BCUT2D eigenvalue weighted by Crippen LogP contribution is -2.27. The van der Waals surface area contributed by atoms with E-state index in [4.69, 9.17) is 4.74 Å². The fourth-order valence-corrected chi connectivity index (χ4v) is 3.22. The Morgan fingerprint density at radius 1 is 1.23 bits per heavy atom. The third-order valence-electron chi connectivity index (χ3n) is 3.97. The van der Waals surface area contributed by atoms with E-state index >= 15 is 0 Å². The van der Waals surface area contributed by atoms with E-state index in [1.54, 1.807) is 24.9 Å². The van der Waals surface area contributed by atoms with Crippen molar-refractivity contribution in [1.29, 1.82) is 0 Å². The van der Waals surface area contributed by atoms with Gasteiger partial charge in [-0.3, -0.25) is 9.78 Å². The number of nitrogens with one attached hydrogen (secondary N) is 2. The molecule has 0 saturated carbocycles. The zero-order valence-corrected chi connectivity index (χ0v) is 15.6. The summed E-state index contributed by atoms with van der Waals surface area (Å²) in [5, 5.41) is 8.55. The summed E-state index contributed by atoms with van der Waals surface area (Å²) in [5.74, 6) is 0.578. The van der Waals surface area contributed by atoms with Gasteiger partial charge in [-0.25, -0.2) is 4.98 Å². The van der Waals surface area contributed by atoms with Gasteiger partial charge in [0.2, 0.25) is 0 Å². The number of pyridine rings is 1. The molecular formula is C19H20N4O2S. The minimum Gasteiger partial charge on any atom is -0.497 e. The third-order valence-corrected chi connectivity index (χ3v) is 4.73. The number of rotatable bonds is 6. The average Bonchev–Trinajstić information content (AvgIpc) is 3.11. The number of amides is 1. The highest BCUT2D eigenvalue weighted by Gasteiger charge is 2.16. The molecule has 1 atom stereocenters. The second-order valence-electron chi connectivity index (χ2n) is 5.82. The van der Waals surface area contributed by atoms with E-state index in [1.165, 1.54) is 11.3 Å². The maximum absolute atomic E-state index is 12.5. The minimum absolute atomic E-state index is 0.143. The summed E-state index contributed by atoms with van der Waals surface area (Å²) >= 11 is 1.38. The number of benzene rings is 1. The first-order valence-corrected chi connectivity index (χ1v) is 9.03. The van der Waals surface area contributed by atoms with Crippen LogP contribution in [0.3, 0.4) is 0 Å². The van der Waals surface area contributed by atoms with Crippen molar-refractivity contribution in [2.45, 2.75) is 19.9 Å². The van der Waals surface area contributed by atoms with E-state index in [1.807, 2.05) is 44.2 Å². The molecule has 0 aliphatic heterocycles. The lowest BCUT2D eigenvalue weighted by Gasteiger charge is -2.15. The molecular weight excluding hydrogens is 348 g/mol. The Morgan fingerprint density at radius 2 is 2.00 bits per heavy atom. The molecule has 0 bridgehead atoms. The second-order valence-corrected chi connectivity index (χ2v) is 6.68. The van der Waals surface area contributed by atoms with Crippen LogP contribution >= 0.6 is 11.3 Å². The molecule has 134 valence electrons. The van der Waals surface area contributed by atoms with Crippen molar-refractivity contribution in [3.63, 3.8) is 0 Å². The SMILES string of the molecule is COc1ccc(Nc2nc(C(=O)NC(C)c3cnccc3C)cs2)cc1. The van der Waals surface area contributed by atoms with Crippen LogP contribution in [0.5, 0.6) is 5.75 Å². The highest BCUT2D eigenvalue weighted by Crippen LogP contribution is 2.23. The number of carbonyl (C=O) groups excluding carboxylic acids is 1. The first-order chi connectivity index (χ1) is 12.6. The Labute approximate surface area is 156 Å². The third kappa shape index (κ3) is 4.18. The number of ether oxygens (including phenoxy) is 1. The van der Waals surface area contributed by atoms with Gasteiger partial charge in [0.15, 0.2) is 5.13 Å². The first-order valence-electron chi connectivity index (χ1n) is 8.15. The topological polar surface area (TPSA) is 76.1 Å². The molecule has 0 saturated heterocycles. The number of aromatic nitrogens is 2. The Kier molecular flexibility index (Phi) is 5.48. The van der Waals surface area contributed by atoms with Crippen LogP contribution in [-0.4, -0.2) is 23.0 Å². The molecule has 0 spiro atoms. The van der Waals surface area contributed by atoms with Gasteiger partial charge in [0.25, 0.3) is 5.91 Å². The predicted molar refractivity (Wildman–Crippen MR) is 103 cm³/mol. The predicted octanol–water partition coefficient (Wildman–Crippen LogP) is 4.09. The molecule has 3 aromatic rings. The smallest absolute Gasteiger partial charge is 0.271 e. The molecule has 3 rings (SSSR count). The molecule has 0 fully saturated rings. The maximum atomic E-state index is 12.5. The van der Waals surface area contributed by atoms with E-state index in [0.29, 0.717) is 10.8 Å². The van der Waals surface area contributed by atoms with Gasteiger partial charge in [0.1, 0.15) is 11.4 Å². The summed E-state index contributed by atoms with van der Waals surface area (Å²) in [5.41, 5.74) is 3.35. The van der Waals surface area contributed by atoms with Gasteiger partial charge in [-0.05, 0) is 55.3 Å². The lowest BCUT2D eigenvalue weighted by atomic mass is 10.1. The van der Waals surface area contributed by atoms with Crippen LogP contribution in [0.25, 0.3) is 0 Å². The van der Waals surface area contributed by atoms with Gasteiger partial charge >= 0.3 is 0 Å². The van der Waals surface area contributed by atoms with Crippen LogP contribution in [0, 0.1) is 6.92 Å². The molecule has 1 unspecified atom stereocenters. The van der Waals surface area contributed by atoms with Gasteiger partial charge in [0, 0.05) is 23.5 Å². The van der Waals surface area contributed by atoms with E-state index in [-0.39, 0.29) is 11.9 Å². The van der Waals surface area contributed by atoms with Crippen LogP contribution in [-0.2, 0) is 0 Å². The summed E-state index contributed by atoms with van der Waals surface area (Å²) < 4.78 is 5.14. The summed E-state index contributed by atoms with van der Waals surface area (Å²) in [6, 6.07) is 9.30. The van der Waals surface area contributed by atoms with Crippen molar-refractivity contribution in [2.75, 3.05) is 12.4 Å². The van der Waals surface area contributed by atoms with Crippen molar-refractivity contribution in [3.05, 3.63) is 64.9 Å². The molecule has 2 heterocycles. The number of hydrogen-bond donors (Lipinski definition) is 2. The van der Waals surface area contributed by atoms with Crippen LogP contribution < -0.4 is 15.4 Å². The van der Waals surface area contributed by atoms with E-state index in [0.717, 1.165) is 22.6 Å². The number of hydrogen-bond acceptors (Lipinski definition) is 6. The standard InChI is InChI=1S/C19H20N4O2S/c1-12-8-9-20-10-16(12)13(2)21-18(24)17-11-26-19(23-17)22-14-4-6-15(25-3)7-5-14/h4-11,13H,1-3H3,(H,21,24)(H,22,23). The summed E-state index contributed by atoms with van der Waals surface area (Å²) in [6.07, 6.45) is 3.52. The monoisotopic (exact) mass is 368 g/mol. The highest BCUT2D eigenvalue weighted by atomic mass is 32.1. The number of anilines is 2. The van der Waals surface area contributed by atoms with Crippen LogP contribution in [0.2, 0.25) is 0 Å². The quantitative estimate of drug-likeness (QED) is 0.685. The minimum atomic E-state index is -0.209. The molecule has 1 amide bonds. The number of carbonyl (C=O) groups is 1. The molecule has 6 nitrogen and oxygen atoms in total. The molecule has 7 heteroatoms. The Balaban J connectivity index is 1.65. The largest absolute Gasteiger partial charge is 0.497 e. The van der Waals surface area contributed by atoms with Crippen molar-refractivity contribution in [3.8, 4) is 5.75 Å². The number of aryl methyl sites for hydroxylation is 1. The fraction of sp³-hybridized carbons (Fsp3) is 0.211. The van der Waals surface area contributed by atoms with Gasteiger partial charge in [-0.2, -0.15) is 0 Å². The van der Waals surface area contributed by atoms with E-state index in [9.17, 15) is 4.79 Å². The van der Waals surface area contributed by atoms with Crippen LogP contribution in [0.4, 0.5) is 10.8 Å². The maximum Gasteiger partial charge on any atom is 0.271 e. The van der Waals surface area contributed by atoms with Crippen LogP contribution in [0.15, 0.2) is 48.1 Å². The molecule has 0 aliphatic carbocycles. The lowest BCUT2D eigenvalue weighted by molar-refractivity contribution is 0.0935. The fourth-order valence-electron chi connectivity index (χ4n) is 2.51. The Morgan fingerprint density at radius 3 is 2.69 bits per heavy atom. The molecule has 0 aliphatic rings. The van der Waals surface area contributed by atoms with Crippen molar-refractivity contribution in [2.24, 2.45) is 0 Å². The van der Waals surface area contributed by atoms with E-state index in [2.05, 4.69) is 20.6 Å². The van der Waals surface area contributed by atoms with Gasteiger partial charge < -0.3 is 15.4 Å². The zero-order chi connectivity index (χ0) is 18.5. The summed E-state index contributed by atoms with van der Waals surface area (Å²) in [6.45, 7) is 3.93. The summed E-state index contributed by atoms with van der Waals surface area (Å²) in [7, 11) is 1.63. The molecule has 2 N–H and O–H groups in total. The summed E-state index contributed by atoms with van der Waals surface area (Å²) in [4.78, 5) is 20.9. The first kappa shape index (κ1) is 17.9. The van der Waals surface area contributed by atoms with Crippen molar-refractivity contribution in [1.82, 2.24) is 15.3 Å². The van der Waals surface area contributed by atoms with E-state index < -0.39 is 0 Å². The number of methoxy groups -OCH3 is 1. The number of nitrogens with zero attached hydrogens (tertiary/aromatic N) is 2. The van der Waals surface area contributed by atoms with Crippen molar-refractivity contribution < 1.29 is 9.53 Å². The zero-order valence-electron chi connectivity index (χ0n) is 14.8.